The van der Waals surface area contributed by atoms with Crippen molar-refractivity contribution < 1.29 is 4.74 Å². The Morgan fingerprint density at radius 2 is 1.97 bits per heavy atom. The van der Waals surface area contributed by atoms with E-state index in [0.717, 1.165) is 48.9 Å². The van der Waals surface area contributed by atoms with Crippen molar-refractivity contribution >= 4 is 23.2 Å². The summed E-state index contributed by atoms with van der Waals surface area (Å²) >= 11 is 6.49. The minimum atomic E-state index is -0.0355. The van der Waals surface area contributed by atoms with Crippen LogP contribution in [0.1, 0.15) is 58.8 Å². The van der Waals surface area contributed by atoms with E-state index in [9.17, 15) is 0 Å². The van der Waals surface area contributed by atoms with Gasteiger partial charge in [-0.25, -0.2) is 9.97 Å². The van der Waals surface area contributed by atoms with Crippen molar-refractivity contribution in [3.63, 3.8) is 0 Å². The molecule has 1 aliphatic carbocycles. The zero-order chi connectivity index (χ0) is 21.0. The fraction of sp³-hybridized carbons (Fsp3) is 0.583. The van der Waals surface area contributed by atoms with Gasteiger partial charge in [0, 0.05) is 31.0 Å². The van der Waals surface area contributed by atoms with E-state index >= 15 is 0 Å². The third-order valence-corrected chi connectivity index (χ3v) is 6.51. The maximum Gasteiger partial charge on any atom is 0.126 e. The number of hydrogen-bond donors (Lipinski definition) is 2. The number of aromatic nitrogens is 2. The summed E-state index contributed by atoms with van der Waals surface area (Å²) in [4.78, 5) is 9.32. The summed E-state index contributed by atoms with van der Waals surface area (Å²) in [6, 6.07) is 8.59. The van der Waals surface area contributed by atoms with E-state index < -0.39 is 0 Å². The molecule has 2 fully saturated rings. The van der Waals surface area contributed by atoms with Crippen LogP contribution in [0.2, 0.25) is 5.02 Å². The lowest BCUT2D eigenvalue weighted by Crippen LogP contribution is -2.36. The number of hydrogen-bond acceptors (Lipinski definition) is 5. The van der Waals surface area contributed by atoms with Gasteiger partial charge in [-0.1, -0.05) is 36.9 Å². The molecule has 0 spiro atoms. The molecule has 1 atom stereocenters. The average Bonchev–Trinajstić information content (AvgIpc) is 2.74. The Balaban J connectivity index is 1.44. The third-order valence-electron chi connectivity index (χ3n) is 6.21. The number of anilines is 2. The Bertz CT molecular complexity index is 851. The first kappa shape index (κ1) is 21.4. The third kappa shape index (κ3) is 5.64. The standard InChI is InChI=1S/C24H33ClN4O/c1-24(2)14-17(11-12-30-24)15-26-22-10-6-9-21(29-22)19-13-23(27-16-20(19)25)28-18-7-4-3-5-8-18/h6,9-10,13,16-18H,3-5,7-8,11-12,14-15H2,1-2H3,(H,26,29)(H,27,28). The molecular formula is C24H33ClN4O. The molecule has 0 bridgehead atoms. The van der Waals surface area contributed by atoms with E-state index in [4.69, 9.17) is 21.3 Å². The Labute approximate surface area is 185 Å². The molecule has 1 saturated heterocycles. The maximum atomic E-state index is 6.49. The van der Waals surface area contributed by atoms with Gasteiger partial charge < -0.3 is 15.4 Å². The van der Waals surface area contributed by atoms with Gasteiger partial charge in [0.05, 0.1) is 16.3 Å². The highest BCUT2D eigenvalue weighted by Gasteiger charge is 2.28. The van der Waals surface area contributed by atoms with E-state index in [0.29, 0.717) is 17.0 Å². The molecule has 30 heavy (non-hydrogen) atoms. The number of rotatable bonds is 6. The quantitative estimate of drug-likeness (QED) is 0.577. The van der Waals surface area contributed by atoms with Crippen LogP contribution in [0.15, 0.2) is 30.5 Å². The molecule has 6 heteroatoms. The van der Waals surface area contributed by atoms with E-state index in [1.165, 1.54) is 32.1 Å². The van der Waals surface area contributed by atoms with Gasteiger partial charge in [-0.2, -0.15) is 0 Å². The summed E-state index contributed by atoms with van der Waals surface area (Å²) in [5.74, 6) is 2.35. The van der Waals surface area contributed by atoms with Crippen LogP contribution in [0.25, 0.3) is 11.3 Å². The molecule has 2 aliphatic rings. The molecule has 1 saturated carbocycles. The Morgan fingerprint density at radius 3 is 2.77 bits per heavy atom. The highest BCUT2D eigenvalue weighted by Crippen LogP contribution is 2.31. The normalized spacial score (nSPS) is 21.9. The highest BCUT2D eigenvalue weighted by molar-refractivity contribution is 6.33. The van der Waals surface area contributed by atoms with Crippen molar-refractivity contribution in [2.24, 2.45) is 5.92 Å². The van der Waals surface area contributed by atoms with Crippen LogP contribution in [0.3, 0.4) is 0 Å². The summed E-state index contributed by atoms with van der Waals surface area (Å²) in [5.41, 5.74) is 1.75. The summed E-state index contributed by atoms with van der Waals surface area (Å²) in [7, 11) is 0. The number of nitrogens with zero attached hydrogens (tertiary/aromatic N) is 2. The zero-order valence-electron chi connectivity index (χ0n) is 18.1. The first-order valence-corrected chi connectivity index (χ1v) is 11.6. The number of pyridine rings is 2. The number of ether oxygens (including phenoxy) is 1. The van der Waals surface area contributed by atoms with Gasteiger partial charge in [-0.3, -0.25) is 0 Å². The topological polar surface area (TPSA) is 59.1 Å². The fourth-order valence-corrected chi connectivity index (χ4v) is 4.83. The fourth-order valence-electron chi connectivity index (χ4n) is 4.63. The average molecular weight is 429 g/mol. The van der Waals surface area contributed by atoms with Gasteiger partial charge in [0.2, 0.25) is 0 Å². The van der Waals surface area contributed by atoms with Crippen molar-refractivity contribution in [1.29, 1.82) is 0 Å². The van der Waals surface area contributed by atoms with Gasteiger partial charge in [0.15, 0.2) is 0 Å². The lowest BCUT2D eigenvalue weighted by molar-refractivity contribution is -0.0699. The van der Waals surface area contributed by atoms with Crippen LogP contribution in [-0.4, -0.2) is 34.8 Å². The Hall–Kier alpha value is -1.85. The van der Waals surface area contributed by atoms with E-state index in [2.05, 4.69) is 29.5 Å². The van der Waals surface area contributed by atoms with Gasteiger partial charge in [-0.15, -0.1) is 0 Å². The molecule has 2 N–H and O–H groups in total. The second-order valence-corrected chi connectivity index (χ2v) is 9.69. The predicted molar refractivity (Wildman–Crippen MR) is 124 cm³/mol. The number of halogens is 1. The highest BCUT2D eigenvalue weighted by atomic mass is 35.5. The summed E-state index contributed by atoms with van der Waals surface area (Å²) in [6.07, 6.45) is 10.2. The molecule has 2 aromatic heterocycles. The molecule has 5 nitrogen and oxygen atoms in total. The largest absolute Gasteiger partial charge is 0.376 e. The Morgan fingerprint density at radius 1 is 1.13 bits per heavy atom. The summed E-state index contributed by atoms with van der Waals surface area (Å²) < 4.78 is 5.83. The lowest BCUT2D eigenvalue weighted by Gasteiger charge is -2.35. The van der Waals surface area contributed by atoms with Gasteiger partial charge in [-0.05, 0) is 63.6 Å². The van der Waals surface area contributed by atoms with Crippen LogP contribution in [-0.2, 0) is 4.74 Å². The van der Waals surface area contributed by atoms with Crippen LogP contribution < -0.4 is 10.6 Å². The van der Waals surface area contributed by atoms with Gasteiger partial charge in [0.1, 0.15) is 11.6 Å². The van der Waals surface area contributed by atoms with Crippen molar-refractivity contribution in [2.45, 2.75) is 70.4 Å². The maximum absolute atomic E-state index is 6.49. The molecule has 3 heterocycles. The van der Waals surface area contributed by atoms with E-state index in [1.54, 1.807) is 6.20 Å². The second-order valence-electron chi connectivity index (χ2n) is 9.28. The molecule has 162 valence electrons. The molecule has 0 radical (unpaired) electrons. The van der Waals surface area contributed by atoms with E-state index in [1.807, 2.05) is 24.3 Å². The minimum Gasteiger partial charge on any atom is -0.376 e. The smallest absolute Gasteiger partial charge is 0.126 e. The summed E-state index contributed by atoms with van der Waals surface area (Å²) in [5, 5.41) is 7.73. The van der Waals surface area contributed by atoms with Crippen molar-refractivity contribution in [2.75, 3.05) is 23.8 Å². The van der Waals surface area contributed by atoms with Gasteiger partial charge in [0.25, 0.3) is 0 Å². The predicted octanol–water partition coefficient (Wildman–Crippen LogP) is 6.16. The molecule has 2 aromatic rings. The first-order chi connectivity index (χ1) is 14.5. The zero-order valence-corrected chi connectivity index (χ0v) is 18.8. The van der Waals surface area contributed by atoms with Crippen LogP contribution >= 0.6 is 11.6 Å². The molecule has 1 unspecified atom stereocenters. The Kier molecular flexibility index (Phi) is 6.79. The molecular weight excluding hydrogens is 396 g/mol. The lowest BCUT2D eigenvalue weighted by atomic mass is 9.88. The molecule has 0 aromatic carbocycles. The monoisotopic (exact) mass is 428 g/mol. The van der Waals surface area contributed by atoms with Gasteiger partial charge >= 0.3 is 0 Å². The molecule has 0 amide bonds. The van der Waals surface area contributed by atoms with Crippen LogP contribution in [0, 0.1) is 5.92 Å². The molecule has 1 aliphatic heterocycles. The molecule has 4 rings (SSSR count). The first-order valence-electron chi connectivity index (χ1n) is 11.3. The van der Waals surface area contributed by atoms with Crippen molar-refractivity contribution in [1.82, 2.24) is 9.97 Å². The number of nitrogens with one attached hydrogen (secondary N) is 2. The SMILES string of the molecule is CC1(C)CC(CNc2cccc(-c3cc(NC4CCCCC4)ncc3Cl)n2)CCO1. The van der Waals surface area contributed by atoms with Crippen molar-refractivity contribution in [3.05, 3.63) is 35.5 Å². The van der Waals surface area contributed by atoms with Crippen LogP contribution in [0.5, 0.6) is 0 Å². The minimum absolute atomic E-state index is 0.0355. The van der Waals surface area contributed by atoms with Crippen molar-refractivity contribution in [3.8, 4) is 11.3 Å². The van der Waals surface area contributed by atoms with E-state index in [-0.39, 0.29) is 5.60 Å². The second kappa shape index (κ2) is 9.52. The van der Waals surface area contributed by atoms with Crippen LogP contribution in [0.4, 0.5) is 11.6 Å². The summed E-state index contributed by atoms with van der Waals surface area (Å²) in [6.45, 7) is 6.07.